The van der Waals surface area contributed by atoms with Crippen molar-refractivity contribution in [1.82, 2.24) is 0 Å². The molecule has 0 amide bonds. The summed E-state index contributed by atoms with van der Waals surface area (Å²) in [5.41, 5.74) is 1.07. The van der Waals surface area contributed by atoms with Crippen LogP contribution in [-0.4, -0.2) is 42.3 Å². The predicted octanol–water partition coefficient (Wildman–Crippen LogP) is 2.17. The maximum atomic E-state index is 13.3. The lowest BCUT2D eigenvalue weighted by Gasteiger charge is -2.21. The number of fused-ring (bicyclic) bond motifs is 1. The predicted molar refractivity (Wildman–Crippen MR) is 95.3 cm³/mol. The Morgan fingerprint density at radius 2 is 1.81 bits per heavy atom. The number of sulfonamides is 1. The number of carbonyl (C=O) groups excluding carboxylic acids is 1. The molecule has 26 heavy (non-hydrogen) atoms. The molecule has 0 fully saturated rings. The van der Waals surface area contributed by atoms with E-state index in [4.69, 9.17) is 14.2 Å². The molecule has 0 aromatic heterocycles. The largest absolute Gasteiger partial charge is 0.497 e. The molecule has 0 saturated carbocycles. The number of rotatable bonds is 5. The van der Waals surface area contributed by atoms with Crippen LogP contribution in [0.1, 0.15) is 11.5 Å². The van der Waals surface area contributed by atoms with Crippen molar-refractivity contribution in [2.75, 3.05) is 32.2 Å². The number of hydrogen-bond acceptors (Lipinski definition) is 6. The van der Waals surface area contributed by atoms with Crippen molar-refractivity contribution in [2.24, 2.45) is 0 Å². The number of anilines is 1. The normalized spacial score (nSPS) is 16.1. The molecule has 0 radical (unpaired) electrons. The van der Waals surface area contributed by atoms with E-state index in [1.807, 2.05) is 0 Å². The monoisotopic (exact) mass is 377 g/mol. The van der Waals surface area contributed by atoms with Crippen molar-refractivity contribution in [3.05, 3.63) is 48.0 Å². The molecule has 0 aliphatic carbocycles. The van der Waals surface area contributed by atoms with E-state index in [-0.39, 0.29) is 17.2 Å². The smallest absolute Gasteiger partial charge is 0.315 e. The number of para-hydroxylation sites is 1. The first-order valence-electron chi connectivity index (χ1n) is 7.85. The quantitative estimate of drug-likeness (QED) is 0.743. The van der Waals surface area contributed by atoms with Crippen LogP contribution < -0.4 is 13.8 Å². The summed E-state index contributed by atoms with van der Waals surface area (Å²) in [7, 11) is 0.157. The Morgan fingerprint density at radius 3 is 2.46 bits per heavy atom. The first kappa shape index (κ1) is 18.1. The summed E-state index contributed by atoms with van der Waals surface area (Å²) < 4.78 is 43.1. The zero-order valence-corrected chi connectivity index (χ0v) is 15.4. The number of nitrogens with zero attached hydrogens (tertiary/aromatic N) is 1. The molecule has 1 atom stereocenters. The molecule has 1 unspecified atom stereocenters. The van der Waals surface area contributed by atoms with Gasteiger partial charge in [0, 0.05) is 6.07 Å². The lowest BCUT2D eigenvalue weighted by Crippen LogP contribution is -2.32. The maximum absolute atomic E-state index is 13.3. The molecule has 0 N–H and O–H groups in total. The first-order chi connectivity index (χ1) is 12.4. The SMILES string of the molecule is COC(=O)C1CN(S(=O)(=O)c2cc(OC)ccc2OC)c2ccccc21. The standard InChI is InChI=1S/C18H19NO6S/c1-23-12-8-9-16(24-2)17(10-12)26(21,22)19-11-14(18(20)25-3)13-6-4-5-7-15(13)19/h4-10,14H,11H2,1-3H3. The van der Waals surface area contributed by atoms with Gasteiger partial charge in [-0.2, -0.15) is 0 Å². The fourth-order valence-corrected chi connectivity index (χ4v) is 4.73. The molecule has 0 saturated heterocycles. The molecule has 138 valence electrons. The van der Waals surface area contributed by atoms with Gasteiger partial charge < -0.3 is 14.2 Å². The highest BCUT2D eigenvalue weighted by atomic mass is 32.2. The summed E-state index contributed by atoms with van der Waals surface area (Å²) >= 11 is 0. The van der Waals surface area contributed by atoms with Crippen LogP contribution in [0.4, 0.5) is 5.69 Å². The highest BCUT2D eigenvalue weighted by Gasteiger charge is 2.41. The van der Waals surface area contributed by atoms with Gasteiger partial charge in [0.05, 0.1) is 33.6 Å². The Bertz CT molecular complexity index is 940. The molecule has 0 bridgehead atoms. The van der Waals surface area contributed by atoms with E-state index in [9.17, 15) is 13.2 Å². The molecule has 1 heterocycles. The maximum Gasteiger partial charge on any atom is 0.315 e. The van der Waals surface area contributed by atoms with Crippen LogP contribution in [0.2, 0.25) is 0 Å². The third-order valence-electron chi connectivity index (χ3n) is 4.35. The molecule has 2 aromatic carbocycles. The van der Waals surface area contributed by atoms with E-state index in [2.05, 4.69) is 0 Å². The first-order valence-corrected chi connectivity index (χ1v) is 9.29. The van der Waals surface area contributed by atoms with Crippen molar-refractivity contribution in [3.63, 3.8) is 0 Å². The number of esters is 1. The molecule has 3 rings (SSSR count). The van der Waals surface area contributed by atoms with E-state index in [0.717, 1.165) is 0 Å². The van der Waals surface area contributed by atoms with Crippen molar-refractivity contribution in [3.8, 4) is 11.5 Å². The van der Waals surface area contributed by atoms with Crippen molar-refractivity contribution in [2.45, 2.75) is 10.8 Å². The highest BCUT2D eigenvalue weighted by molar-refractivity contribution is 7.93. The molecule has 2 aromatic rings. The number of methoxy groups -OCH3 is 3. The average molecular weight is 377 g/mol. The molecule has 1 aliphatic heterocycles. The van der Waals surface area contributed by atoms with Gasteiger partial charge in [-0.05, 0) is 23.8 Å². The topological polar surface area (TPSA) is 82.1 Å². The minimum Gasteiger partial charge on any atom is -0.497 e. The summed E-state index contributed by atoms with van der Waals surface area (Å²) in [6.45, 7) is -0.0330. The van der Waals surface area contributed by atoms with Gasteiger partial charge in [0.1, 0.15) is 22.3 Å². The van der Waals surface area contributed by atoms with Crippen molar-refractivity contribution < 1.29 is 27.4 Å². The van der Waals surface area contributed by atoms with E-state index < -0.39 is 21.9 Å². The second-order valence-electron chi connectivity index (χ2n) is 5.69. The highest BCUT2D eigenvalue weighted by Crippen LogP contribution is 2.42. The molecule has 0 spiro atoms. The van der Waals surface area contributed by atoms with E-state index in [1.165, 1.54) is 37.8 Å². The van der Waals surface area contributed by atoms with Gasteiger partial charge in [0.25, 0.3) is 10.0 Å². The lowest BCUT2D eigenvalue weighted by atomic mass is 10.0. The van der Waals surface area contributed by atoms with Crippen LogP contribution in [0.5, 0.6) is 11.5 Å². The zero-order valence-electron chi connectivity index (χ0n) is 14.6. The summed E-state index contributed by atoms with van der Waals surface area (Å²) in [4.78, 5) is 12.1. The molecule has 7 nitrogen and oxygen atoms in total. The fourth-order valence-electron chi connectivity index (χ4n) is 3.05. The Morgan fingerprint density at radius 1 is 1.08 bits per heavy atom. The number of carbonyl (C=O) groups is 1. The Hall–Kier alpha value is -2.74. The van der Waals surface area contributed by atoms with Crippen LogP contribution in [0.3, 0.4) is 0 Å². The molecule has 1 aliphatic rings. The lowest BCUT2D eigenvalue weighted by molar-refractivity contribution is -0.141. The van der Waals surface area contributed by atoms with E-state index in [1.54, 1.807) is 30.3 Å². The third kappa shape index (κ3) is 2.86. The number of benzene rings is 2. The van der Waals surface area contributed by atoms with E-state index in [0.29, 0.717) is 17.0 Å². The Balaban J connectivity index is 2.13. The summed E-state index contributed by atoms with van der Waals surface area (Å²) in [5, 5.41) is 0. The van der Waals surface area contributed by atoms with Gasteiger partial charge in [-0.25, -0.2) is 8.42 Å². The van der Waals surface area contributed by atoms with Gasteiger partial charge in [0.2, 0.25) is 0 Å². The number of ether oxygens (including phenoxy) is 3. The Labute approximate surface area is 152 Å². The van der Waals surface area contributed by atoms with Crippen LogP contribution in [0.25, 0.3) is 0 Å². The molecule has 8 heteroatoms. The van der Waals surface area contributed by atoms with Crippen molar-refractivity contribution >= 4 is 21.7 Å². The van der Waals surface area contributed by atoms with Gasteiger partial charge >= 0.3 is 5.97 Å². The van der Waals surface area contributed by atoms with Gasteiger partial charge in [-0.3, -0.25) is 9.10 Å². The Kier molecular flexibility index (Phi) is 4.78. The fraction of sp³-hybridized carbons (Fsp3) is 0.278. The van der Waals surface area contributed by atoms with Crippen LogP contribution in [0, 0.1) is 0 Å². The van der Waals surface area contributed by atoms with Gasteiger partial charge in [0.15, 0.2) is 0 Å². The summed E-state index contributed by atoms with van der Waals surface area (Å²) in [6, 6.07) is 11.4. The second kappa shape index (κ2) is 6.87. The average Bonchev–Trinajstić information content (AvgIpc) is 3.07. The van der Waals surface area contributed by atoms with Crippen molar-refractivity contribution in [1.29, 1.82) is 0 Å². The summed E-state index contributed by atoms with van der Waals surface area (Å²) in [6.07, 6.45) is 0. The minimum absolute atomic E-state index is 0.0281. The van der Waals surface area contributed by atoms with Gasteiger partial charge in [-0.1, -0.05) is 18.2 Å². The summed E-state index contributed by atoms with van der Waals surface area (Å²) in [5.74, 6) is -0.568. The molecular weight excluding hydrogens is 358 g/mol. The van der Waals surface area contributed by atoms with Crippen LogP contribution >= 0.6 is 0 Å². The van der Waals surface area contributed by atoms with E-state index >= 15 is 0 Å². The third-order valence-corrected chi connectivity index (χ3v) is 6.15. The molecular formula is C18H19NO6S. The minimum atomic E-state index is -3.98. The van der Waals surface area contributed by atoms with Crippen LogP contribution in [-0.2, 0) is 19.6 Å². The van der Waals surface area contributed by atoms with Crippen LogP contribution in [0.15, 0.2) is 47.4 Å². The zero-order chi connectivity index (χ0) is 18.9. The van der Waals surface area contributed by atoms with Gasteiger partial charge in [-0.15, -0.1) is 0 Å². The number of hydrogen-bond donors (Lipinski definition) is 0. The second-order valence-corrected chi connectivity index (χ2v) is 7.52.